The predicted octanol–water partition coefficient (Wildman–Crippen LogP) is 0.0323. The fourth-order valence-corrected chi connectivity index (χ4v) is 3.09. The van der Waals surface area contributed by atoms with E-state index in [9.17, 15) is 9.59 Å². The summed E-state index contributed by atoms with van der Waals surface area (Å²) in [5.41, 5.74) is 0. The first-order chi connectivity index (χ1) is 9.86. The van der Waals surface area contributed by atoms with Gasteiger partial charge in [-0.2, -0.15) is 0 Å². The Bertz CT molecular complexity index is 390. The SMILES string of the molecule is C[C@@H]1CN(C(=O)[C@H]2CC(=O)N(CCN(C)C)C2)C[C@H](C)O1. The molecule has 2 saturated heterocycles. The summed E-state index contributed by atoms with van der Waals surface area (Å²) in [6, 6.07) is 0. The third-order valence-electron chi connectivity index (χ3n) is 4.11. The van der Waals surface area contributed by atoms with E-state index >= 15 is 0 Å². The Hall–Kier alpha value is -1.14. The highest BCUT2D eigenvalue weighted by Gasteiger charge is 2.38. The van der Waals surface area contributed by atoms with Crippen molar-refractivity contribution in [3.63, 3.8) is 0 Å². The maximum Gasteiger partial charge on any atom is 0.228 e. The van der Waals surface area contributed by atoms with Crippen LogP contribution in [0.3, 0.4) is 0 Å². The van der Waals surface area contributed by atoms with E-state index in [0.29, 0.717) is 32.6 Å². The molecule has 21 heavy (non-hydrogen) atoms. The van der Waals surface area contributed by atoms with Gasteiger partial charge in [0.25, 0.3) is 0 Å². The van der Waals surface area contributed by atoms with Crippen molar-refractivity contribution in [3.05, 3.63) is 0 Å². The van der Waals surface area contributed by atoms with Gasteiger partial charge in [-0.15, -0.1) is 0 Å². The fourth-order valence-electron chi connectivity index (χ4n) is 3.09. The summed E-state index contributed by atoms with van der Waals surface area (Å²) in [5, 5.41) is 0. The zero-order valence-corrected chi connectivity index (χ0v) is 13.5. The maximum absolute atomic E-state index is 12.6. The van der Waals surface area contributed by atoms with Crippen molar-refractivity contribution < 1.29 is 14.3 Å². The van der Waals surface area contributed by atoms with Gasteiger partial charge in [-0.05, 0) is 27.9 Å². The van der Waals surface area contributed by atoms with Gasteiger partial charge in [-0.1, -0.05) is 0 Å². The molecule has 2 amide bonds. The minimum absolute atomic E-state index is 0.0691. The highest BCUT2D eigenvalue weighted by Crippen LogP contribution is 2.22. The third-order valence-corrected chi connectivity index (χ3v) is 4.11. The summed E-state index contributed by atoms with van der Waals surface area (Å²) >= 11 is 0. The number of ether oxygens (including phenoxy) is 1. The first-order valence-corrected chi connectivity index (χ1v) is 7.73. The molecule has 0 saturated carbocycles. The molecule has 0 aromatic carbocycles. The zero-order valence-electron chi connectivity index (χ0n) is 13.5. The number of carbonyl (C=O) groups excluding carboxylic acids is 2. The smallest absolute Gasteiger partial charge is 0.228 e. The molecule has 6 nitrogen and oxygen atoms in total. The molecule has 0 bridgehead atoms. The second kappa shape index (κ2) is 6.75. The Kier molecular flexibility index (Phi) is 5.22. The summed E-state index contributed by atoms with van der Waals surface area (Å²) in [7, 11) is 3.97. The van der Waals surface area contributed by atoms with Crippen LogP contribution < -0.4 is 0 Å². The van der Waals surface area contributed by atoms with E-state index in [0.717, 1.165) is 6.54 Å². The number of carbonyl (C=O) groups is 2. The molecule has 2 aliphatic heterocycles. The van der Waals surface area contributed by atoms with Crippen molar-refractivity contribution in [1.82, 2.24) is 14.7 Å². The average molecular weight is 297 g/mol. The van der Waals surface area contributed by atoms with E-state index in [1.54, 1.807) is 0 Å². The van der Waals surface area contributed by atoms with Gasteiger partial charge in [-0.25, -0.2) is 0 Å². The predicted molar refractivity (Wildman–Crippen MR) is 79.8 cm³/mol. The minimum atomic E-state index is -0.183. The monoisotopic (exact) mass is 297 g/mol. The van der Waals surface area contributed by atoms with Gasteiger partial charge in [0.2, 0.25) is 11.8 Å². The molecule has 2 aliphatic rings. The molecular weight excluding hydrogens is 270 g/mol. The average Bonchev–Trinajstić information content (AvgIpc) is 2.75. The summed E-state index contributed by atoms with van der Waals surface area (Å²) < 4.78 is 5.66. The van der Waals surface area contributed by atoms with Crippen LogP contribution in [0, 0.1) is 5.92 Å². The van der Waals surface area contributed by atoms with Gasteiger partial charge < -0.3 is 19.4 Å². The van der Waals surface area contributed by atoms with Crippen molar-refractivity contribution >= 4 is 11.8 Å². The first kappa shape index (κ1) is 16.2. The van der Waals surface area contributed by atoms with Crippen molar-refractivity contribution in [2.24, 2.45) is 5.92 Å². The molecule has 0 spiro atoms. The highest BCUT2D eigenvalue weighted by atomic mass is 16.5. The zero-order chi connectivity index (χ0) is 15.6. The minimum Gasteiger partial charge on any atom is -0.372 e. The quantitative estimate of drug-likeness (QED) is 0.735. The molecule has 0 aliphatic carbocycles. The lowest BCUT2D eigenvalue weighted by Gasteiger charge is -2.36. The Morgan fingerprint density at radius 1 is 1.24 bits per heavy atom. The van der Waals surface area contributed by atoms with Crippen molar-refractivity contribution in [2.75, 3.05) is 46.8 Å². The molecular formula is C15H27N3O3. The topological polar surface area (TPSA) is 53.1 Å². The lowest BCUT2D eigenvalue weighted by atomic mass is 10.1. The van der Waals surface area contributed by atoms with Gasteiger partial charge in [0.15, 0.2) is 0 Å². The van der Waals surface area contributed by atoms with Crippen LogP contribution in [0.25, 0.3) is 0 Å². The van der Waals surface area contributed by atoms with E-state index in [1.165, 1.54) is 0 Å². The number of hydrogen-bond donors (Lipinski definition) is 0. The number of likely N-dealkylation sites (tertiary alicyclic amines) is 1. The van der Waals surface area contributed by atoms with Crippen LogP contribution in [0.4, 0.5) is 0 Å². The van der Waals surface area contributed by atoms with E-state index in [4.69, 9.17) is 4.74 Å². The normalized spacial score (nSPS) is 30.3. The number of hydrogen-bond acceptors (Lipinski definition) is 4. The second-order valence-electron chi connectivity index (χ2n) is 6.54. The molecule has 6 heteroatoms. The van der Waals surface area contributed by atoms with Crippen LogP contribution >= 0.6 is 0 Å². The Labute approximate surface area is 127 Å². The Morgan fingerprint density at radius 3 is 2.43 bits per heavy atom. The third kappa shape index (κ3) is 4.17. The summed E-state index contributed by atoms with van der Waals surface area (Å²) in [6.45, 7) is 7.32. The molecule has 120 valence electrons. The molecule has 0 N–H and O–H groups in total. The molecule has 2 rings (SSSR count). The lowest BCUT2D eigenvalue weighted by Crippen LogP contribution is -2.50. The molecule has 0 radical (unpaired) electrons. The Balaban J connectivity index is 1.90. The van der Waals surface area contributed by atoms with Gasteiger partial charge in [0.05, 0.1) is 18.1 Å². The van der Waals surface area contributed by atoms with Gasteiger partial charge in [0.1, 0.15) is 0 Å². The Morgan fingerprint density at radius 2 is 1.86 bits per heavy atom. The van der Waals surface area contributed by atoms with Gasteiger partial charge >= 0.3 is 0 Å². The molecule has 3 atom stereocenters. The number of morpholine rings is 1. The lowest BCUT2D eigenvalue weighted by molar-refractivity contribution is -0.147. The molecule has 2 heterocycles. The molecule has 0 unspecified atom stereocenters. The van der Waals surface area contributed by atoms with E-state index < -0.39 is 0 Å². The molecule has 0 aromatic heterocycles. The maximum atomic E-state index is 12.6. The van der Waals surface area contributed by atoms with Gasteiger partial charge in [-0.3, -0.25) is 9.59 Å². The number of likely N-dealkylation sites (N-methyl/N-ethyl adjacent to an activating group) is 1. The van der Waals surface area contributed by atoms with Crippen LogP contribution in [0.15, 0.2) is 0 Å². The van der Waals surface area contributed by atoms with Crippen LogP contribution in [-0.2, 0) is 14.3 Å². The van der Waals surface area contributed by atoms with Crippen LogP contribution in [-0.4, -0.2) is 85.5 Å². The second-order valence-corrected chi connectivity index (χ2v) is 6.54. The first-order valence-electron chi connectivity index (χ1n) is 7.73. The van der Waals surface area contributed by atoms with Crippen molar-refractivity contribution in [1.29, 1.82) is 0 Å². The fraction of sp³-hybridized carbons (Fsp3) is 0.867. The summed E-state index contributed by atoms with van der Waals surface area (Å²) in [5.74, 6) is 0.0272. The van der Waals surface area contributed by atoms with Crippen LogP contribution in [0.1, 0.15) is 20.3 Å². The summed E-state index contributed by atoms with van der Waals surface area (Å²) in [4.78, 5) is 30.4. The highest BCUT2D eigenvalue weighted by molar-refractivity contribution is 5.89. The largest absolute Gasteiger partial charge is 0.372 e. The van der Waals surface area contributed by atoms with E-state index in [-0.39, 0.29) is 29.9 Å². The van der Waals surface area contributed by atoms with E-state index in [1.807, 2.05) is 42.6 Å². The van der Waals surface area contributed by atoms with Crippen molar-refractivity contribution in [3.8, 4) is 0 Å². The molecule has 0 aromatic rings. The number of nitrogens with zero attached hydrogens (tertiary/aromatic N) is 3. The van der Waals surface area contributed by atoms with Crippen molar-refractivity contribution in [2.45, 2.75) is 32.5 Å². The standard InChI is InChI=1S/C15H27N3O3/c1-11-8-18(9-12(2)21-11)15(20)13-7-14(19)17(10-13)6-5-16(3)4/h11-13H,5-10H2,1-4H3/t11-,12+,13-/m0/s1. The molecule has 2 fully saturated rings. The van der Waals surface area contributed by atoms with Crippen LogP contribution in [0.5, 0.6) is 0 Å². The van der Waals surface area contributed by atoms with Gasteiger partial charge in [0, 0.05) is 39.1 Å². The van der Waals surface area contributed by atoms with Crippen LogP contribution in [0.2, 0.25) is 0 Å². The number of rotatable bonds is 4. The summed E-state index contributed by atoms with van der Waals surface area (Å²) in [6.07, 6.45) is 0.492. The number of amides is 2. The van der Waals surface area contributed by atoms with E-state index in [2.05, 4.69) is 0 Å².